The zero-order chi connectivity index (χ0) is 15.0. The normalized spacial score (nSPS) is 20.1. The van der Waals surface area contributed by atoms with Gasteiger partial charge in [0, 0.05) is 25.7 Å². The van der Waals surface area contributed by atoms with E-state index in [-0.39, 0.29) is 18.6 Å². The summed E-state index contributed by atoms with van der Waals surface area (Å²) in [5.74, 6) is -0.0393. The van der Waals surface area contributed by atoms with E-state index in [0.29, 0.717) is 32.7 Å². The fraction of sp³-hybridized carbons (Fsp3) is 0.917. The lowest BCUT2D eigenvalue weighted by Gasteiger charge is -2.35. The van der Waals surface area contributed by atoms with E-state index in [0.717, 1.165) is 25.5 Å². The molecule has 0 aromatic heterocycles. The summed E-state index contributed by atoms with van der Waals surface area (Å²) in [5, 5.41) is 0. The Kier molecular flexibility index (Phi) is 7.42. The molecular formula is C12H25N3O4S. The first kappa shape index (κ1) is 17.4. The van der Waals surface area contributed by atoms with Gasteiger partial charge in [0.15, 0.2) is 0 Å². The molecule has 7 nitrogen and oxygen atoms in total. The molecule has 0 saturated carbocycles. The van der Waals surface area contributed by atoms with Gasteiger partial charge in [-0.25, -0.2) is 13.1 Å². The smallest absolute Gasteiger partial charge is 0.248 e. The van der Waals surface area contributed by atoms with E-state index in [4.69, 9.17) is 10.5 Å². The molecule has 0 bridgehead atoms. The Balaban J connectivity index is 2.42. The summed E-state index contributed by atoms with van der Waals surface area (Å²) in [6, 6.07) is 0.0898. The van der Waals surface area contributed by atoms with Crippen LogP contribution >= 0.6 is 0 Å². The quantitative estimate of drug-likeness (QED) is 0.576. The fourth-order valence-electron chi connectivity index (χ4n) is 2.37. The lowest BCUT2D eigenvalue weighted by Crippen LogP contribution is -2.46. The van der Waals surface area contributed by atoms with Crippen LogP contribution in [0.15, 0.2) is 0 Å². The number of likely N-dealkylation sites (tertiary alicyclic amines) is 1. The Morgan fingerprint density at radius 1 is 1.45 bits per heavy atom. The molecule has 20 heavy (non-hydrogen) atoms. The van der Waals surface area contributed by atoms with E-state index in [1.54, 1.807) is 0 Å². The van der Waals surface area contributed by atoms with Crippen molar-refractivity contribution in [2.75, 3.05) is 39.1 Å². The summed E-state index contributed by atoms with van der Waals surface area (Å²) in [6.45, 7) is 1.90. The van der Waals surface area contributed by atoms with Crippen molar-refractivity contribution in [3.8, 4) is 0 Å². The number of rotatable bonds is 8. The minimum absolute atomic E-state index is 0.0393. The van der Waals surface area contributed by atoms with Gasteiger partial charge in [-0.2, -0.15) is 0 Å². The number of hydrogen-bond acceptors (Lipinski definition) is 5. The molecule has 0 radical (unpaired) electrons. The Morgan fingerprint density at radius 2 is 2.20 bits per heavy atom. The molecule has 1 amide bonds. The lowest BCUT2D eigenvalue weighted by molar-refractivity contribution is -0.139. The second-order valence-electron chi connectivity index (χ2n) is 5.03. The number of sulfonamides is 1. The molecule has 0 spiro atoms. The molecule has 1 aliphatic heterocycles. The van der Waals surface area contributed by atoms with Crippen molar-refractivity contribution >= 4 is 15.9 Å². The molecule has 1 unspecified atom stereocenters. The second kappa shape index (κ2) is 8.56. The van der Waals surface area contributed by atoms with Crippen molar-refractivity contribution in [1.82, 2.24) is 9.62 Å². The van der Waals surface area contributed by atoms with Gasteiger partial charge in [-0.3, -0.25) is 4.79 Å². The van der Waals surface area contributed by atoms with Crippen LogP contribution in [0.4, 0.5) is 0 Å². The number of amides is 1. The summed E-state index contributed by atoms with van der Waals surface area (Å²) in [4.78, 5) is 13.9. The number of ether oxygens (including phenoxy) is 1. The molecule has 1 saturated heterocycles. The predicted octanol–water partition coefficient (Wildman–Crippen LogP) is -0.718. The highest BCUT2D eigenvalue weighted by Crippen LogP contribution is 2.19. The van der Waals surface area contributed by atoms with Crippen molar-refractivity contribution in [1.29, 1.82) is 0 Å². The Hall–Kier alpha value is -0.700. The monoisotopic (exact) mass is 307 g/mol. The minimum atomic E-state index is -3.17. The number of hydrogen-bond donors (Lipinski definition) is 2. The average molecular weight is 307 g/mol. The van der Waals surface area contributed by atoms with Gasteiger partial charge in [0.05, 0.1) is 12.9 Å². The Labute approximate surface area is 120 Å². The third-order valence-corrected chi connectivity index (χ3v) is 4.01. The van der Waals surface area contributed by atoms with Gasteiger partial charge in [0.1, 0.15) is 6.61 Å². The average Bonchev–Trinajstić information content (AvgIpc) is 2.38. The molecule has 118 valence electrons. The highest BCUT2D eigenvalue weighted by Gasteiger charge is 2.26. The maximum Gasteiger partial charge on any atom is 0.248 e. The van der Waals surface area contributed by atoms with Gasteiger partial charge in [-0.1, -0.05) is 0 Å². The molecule has 1 atom stereocenters. The van der Waals surface area contributed by atoms with Gasteiger partial charge in [0.25, 0.3) is 0 Å². The first-order valence-electron chi connectivity index (χ1n) is 6.96. The zero-order valence-electron chi connectivity index (χ0n) is 12.0. The van der Waals surface area contributed by atoms with Crippen LogP contribution < -0.4 is 10.5 Å². The Bertz CT molecular complexity index is 400. The van der Waals surface area contributed by atoms with E-state index in [1.165, 1.54) is 0 Å². The van der Waals surface area contributed by atoms with Gasteiger partial charge in [0.2, 0.25) is 15.9 Å². The molecule has 3 N–H and O–H groups in total. The van der Waals surface area contributed by atoms with Crippen molar-refractivity contribution in [2.45, 2.75) is 31.7 Å². The number of nitrogens with one attached hydrogen (secondary N) is 1. The number of nitrogens with zero attached hydrogens (tertiary/aromatic N) is 1. The van der Waals surface area contributed by atoms with Crippen LogP contribution in [-0.4, -0.2) is 64.4 Å². The van der Waals surface area contributed by atoms with Crippen LogP contribution in [0.1, 0.15) is 25.7 Å². The van der Waals surface area contributed by atoms with Gasteiger partial charge in [-0.15, -0.1) is 0 Å². The van der Waals surface area contributed by atoms with E-state index in [9.17, 15) is 13.2 Å². The van der Waals surface area contributed by atoms with E-state index >= 15 is 0 Å². The third kappa shape index (κ3) is 6.65. The molecule has 0 aliphatic carbocycles. The SMILES string of the molecule is CS(=O)(=O)NCCC1CCCCN1C(=O)COCCN. The van der Waals surface area contributed by atoms with Crippen molar-refractivity contribution in [3.63, 3.8) is 0 Å². The second-order valence-corrected chi connectivity index (χ2v) is 6.87. The maximum absolute atomic E-state index is 12.1. The molecule has 8 heteroatoms. The summed E-state index contributed by atoms with van der Waals surface area (Å²) in [7, 11) is -3.17. The predicted molar refractivity (Wildman–Crippen MR) is 76.7 cm³/mol. The molecule has 1 fully saturated rings. The van der Waals surface area contributed by atoms with E-state index in [2.05, 4.69) is 4.72 Å². The Morgan fingerprint density at radius 3 is 2.85 bits per heavy atom. The molecule has 0 aromatic rings. The topological polar surface area (TPSA) is 102 Å². The number of nitrogens with two attached hydrogens (primary N) is 1. The molecule has 0 aromatic carbocycles. The third-order valence-electron chi connectivity index (χ3n) is 3.28. The van der Waals surface area contributed by atoms with Crippen LogP contribution in [-0.2, 0) is 19.6 Å². The van der Waals surface area contributed by atoms with Gasteiger partial charge >= 0.3 is 0 Å². The van der Waals surface area contributed by atoms with E-state index < -0.39 is 10.0 Å². The molecule has 1 heterocycles. The number of carbonyl (C=O) groups excluding carboxylic acids is 1. The number of piperidine rings is 1. The summed E-state index contributed by atoms with van der Waals surface area (Å²) < 4.78 is 29.7. The highest BCUT2D eigenvalue weighted by molar-refractivity contribution is 7.88. The van der Waals surface area contributed by atoms with Crippen LogP contribution in [0.3, 0.4) is 0 Å². The first-order chi connectivity index (χ1) is 9.44. The number of carbonyl (C=O) groups is 1. The van der Waals surface area contributed by atoms with Crippen LogP contribution in [0.5, 0.6) is 0 Å². The highest BCUT2D eigenvalue weighted by atomic mass is 32.2. The zero-order valence-corrected chi connectivity index (χ0v) is 12.8. The summed E-state index contributed by atoms with van der Waals surface area (Å²) >= 11 is 0. The van der Waals surface area contributed by atoms with Crippen LogP contribution in [0, 0.1) is 0 Å². The lowest BCUT2D eigenvalue weighted by atomic mass is 9.99. The molecule has 1 rings (SSSR count). The maximum atomic E-state index is 12.1. The first-order valence-corrected chi connectivity index (χ1v) is 8.85. The van der Waals surface area contributed by atoms with Crippen LogP contribution in [0.25, 0.3) is 0 Å². The standard InChI is InChI=1S/C12H25N3O4S/c1-20(17,18)14-7-5-11-4-2-3-8-15(11)12(16)10-19-9-6-13/h11,14H,2-10,13H2,1H3. The molecule has 1 aliphatic rings. The largest absolute Gasteiger partial charge is 0.370 e. The van der Waals surface area contributed by atoms with Crippen molar-refractivity contribution in [2.24, 2.45) is 5.73 Å². The van der Waals surface area contributed by atoms with Crippen molar-refractivity contribution < 1.29 is 17.9 Å². The summed E-state index contributed by atoms with van der Waals surface area (Å²) in [6.07, 6.45) is 4.73. The van der Waals surface area contributed by atoms with Gasteiger partial charge in [-0.05, 0) is 25.7 Å². The minimum Gasteiger partial charge on any atom is -0.370 e. The van der Waals surface area contributed by atoms with Gasteiger partial charge < -0.3 is 15.4 Å². The van der Waals surface area contributed by atoms with Crippen LogP contribution in [0.2, 0.25) is 0 Å². The van der Waals surface area contributed by atoms with E-state index in [1.807, 2.05) is 4.90 Å². The van der Waals surface area contributed by atoms with Crippen molar-refractivity contribution in [3.05, 3.63) is 0 Å². The molecular weight excluding hydrogens is 282 g/mol. The summed E-state index contributed by atoms with van der Waals surface area (Å²) in [5.41, 5.74) is 5.31. The fourth-order valence-corrected chi connectivity index (χ4v) is 2.85.